The maximum absolute atomic E-state index is 12.6. The molecule has 0 unspecified atom stereocenters. The topological polar surface area (TPSA) is 75.6 Å². The third-order valence-corrected chi connectivity index (χ3v) is 3.59. The molecule has 5 nitrogen and oxygen atoms in total. The average Bonchev–Trinajstić information content (AvgIpc) is 2.34. The average molecular weight is 277 g/mol. The molecular formula is C11H16FNO4S. The molecule has 0 radical (unpaired) electrons. The predicted octanol–water partition coefficient (Wildman–Crippen LogP) is 0.503. The number of hydrogen-bond acceptors (Lipinski definition) is 4. The summed E-state index contributed by atoms with van der Waals surface area (Å²) in [4.78, 5) is 0.0279. The highest BCUT2D eigenvalue weighted by Crippen LogP contribution is 2.09. The van der Waals surface area contributed by atoms with Gasteiger partial charge in [0.05, 0.1) is 18.1 Å². The standard InChI is InChI=1S/C11H16FNO4S/c12-10-2-4-11(5-3-10)18(15,16)13-6-1-8-17-9-7-14/h2-5,13-14H,1,6-9H2. The summed E-state index contributed by atoms with van der Waals surface area (Å²) >= 11 is 0. The van der Waals surface area contributed by atoms with E-state index in [0.29, 0.717) is 13.0 Å². The van der Waals surface area contributed by atoms with Crippen LogP contribution in [0.1, 0.15) is 6.42 Å². The van der Waals surface area contributed by atoms with Gasteiger partial charge in [-0.05, 0) is 30.7 Å². The van der Waals surface area contributed by atoms with E-state index in [1.165, 1.54) is 12.1 Å². The molecule has 0 aromatic heterocycles. The van der Waals surface area contributed by atoms with Crippen molar-refractivity contribution in [3.8, 4) is 0 Å². The Hall–Kier alpha value is -1.02. The normalized spacial score (nSPS) is 11.7. The molecule has 1 aromatic carbocycles. The molecule has 0 spiro atoms. The molecule has 1 aromatic rings. The van der Waals surface area contributed by atoms with Crippen molar-refractivity contribution in [1.29, 1.82) is 0 Å². The molecule has 18 heavy (non-hydrogen) atoms. The van der Waals surface area contributed by atoms with E-state index in [1.807, 2.05) is 0 Å². The fraction of sp³-hybridized carbons (Fsp3) is 0.455. The van der Waals surface area contributed by atoms with Crippen LogP contribution in [0.25, 0.3) is 0 Å². The fourth-order valence-electron chi connectivity index (χ4n) is 1.24. The number of aliphatic hydroxyl groups excluding tert-OH is 1. The van der Waals surface area contributed by atoms with Crippen LogP contribution in [0.3, 0.4) is 0 Å². The van der Waals surface area contributed by atoms with Crippen LogP contribution in [0.2, 0.25) is 0 Å². The summed E-state index contributed by atoms with van der Waals surface area (Å²) in [5.74, 6) is -0.480. The Morgan fingerprint density at radius 3 is 2.50 bits per heavy atom. The molecule has 0 aliphatic carbocycles. The first-order chi connectivity index (χ1) is 8.56. The van der Waals surface area contributed by atoms with E-state index in [1.54, 1.807) is 0 Å². The lowest BCUT2D eigenvalue weighted by Crippen LogP contribution is -2.25. The minimum atomic E-state index is -3.59. The zero-order chi connectivity index (χ0) is 13.4. The smallest absolute Gasteiger partial charge is 0.240 e. The van der Waals surface area contributed by atoms with Crippen LogP contribution in [0.15, 0.2) is 29.2 Å². The van der Waals surface area contributed by atoms with Gasteiger partial charge >= 0.3 is 0 Å². The summed E-state index contributed by atoms with van der Waals surface area (Å²) in [6.45, 7) is 0.781. The summed E-state index contributed by atoms with van der Waals surface area (Å²) in [5.41, 5.74) is 0. The first-order valence-corrected chi connectivity index (χ1v) is 6.98. The molecule has 0 amide bonds. The molecule has 2 N–H and O–H groups in total. The van der Waals surface area contributed by atoms with Crippen molar-refractivity contribution in [2.24, 2.45) is 0 Å². The van der Waals surface area contributed by atoms with Crippen molar-refractivity contribution in [2.75, 3.05) is 26.4 Å². The first kappa shape index (κ1) is 15.0. The number of aliphatic hydroxyl groups is 1. The van der Waals surface area contributed by atoms with E-state index < -0.39 is 15.8 Å². The maximum Gasteiger partial charge on any atom is 0.240 e. The molecule has 7 heteroatoms. The number of sulfonamides is 1. The lowest BCUT2D eigenvalue weighted by atomic mass is 10.4. The summed E-state index contributed by atoms with van der Waals surface area (Å²) in [6.07, 6.45) is 0.500. The number of rotatable bonds is 8. The Morgan fingerprint density at radius 2 is 1.89 bits per heavy atom. The molecule has 1 rings (SSSR count). The Labute approximate surface area is 106 Å². The van der Waals surface area contributed by atoms with E-state index in [9.17, 15) is 12.8 Å². The summed E-state index contributed by atoms with van der Waals surface area (Å²) in [6, 6.07) is 4.61. The van der Waals surface area contributed by atoms with Gasteiger partial charge in [-0.15, -0.1) is 0 Å². The highest BCUT2D eigenvalue weighted by Gasteiger charge is 2.12. The predicted molar refractivity (Wildman–Crippen MR) is 64.1 cm³/mol. The molecule has 0 saturated heterocycles. The quantitative estimate of drug-likeness (QED) is 0.679. The minimum absolute atomic E-state index is 0.0279. The van der Waals surface area contributed by atoms with E-state index in [-0.39, 0.29) is 24.7 Å². The largest absolute Gasteiger partial charge is 0.394 e. The molecule has 0 aliphatic heterocycles. The number of ether oxygens (including phenoxy) is 1. The van der Waals surface area contributed by atoms with E-state index in [4.69, 9.17) is 9.84 Å². The van der Waals surface area contributed by atoms with Crippen LogP contribution in [-0.2, 0) is 14.8 Å². The van der Waals surface area contributed by atoms with Gasteiger partial charge in [0.1, 0.15) is 5.82 Å². The van der Waals surface area contributed by atoms with Crippen molar-refractivity contribution in [1.82, 2.24) is 4.72 Å². The van der Waals surface area contributed by atoms with Crippen LogP contribution in [0.5, 0.6) is 0 Å². The first-order valence-electron chi connectivity index (χ1n) is 5.50. The van der Waals surface area contributed by atoms with Crippen LogP contribution in [0, 0.1) is 5.82 Å². The van der Waals surface area contributed by atoms with Crippen molar-refractivity contribution in [3.63, 3.8) is 0 Å². The fourth-order valence-corrected chi connectivity index (χ4v) is 2.32. The van der Waals surface area contributed by atoms with Gasteiger partial charge < -0.3 is 9.84 Å². The van der Waals surface area contributed by atoms with Gasteiger partial charge in [-0.1, -0.05) is 0 Å². The second kappa shape index (κ2) is 7.42. The lowest BCUT2D eigenvalue weighted by Gasteiger charge is -2.06. The third-order valence-electron chi connectivity index (χ3n) is 2.12. The van der Waals surface area contributed by atoms with Crippen molar-refractivity contribution >= 4 is 10.0 Å². The maximum atomic E-state index is 12.6. The molecule has 0 atom stereocenters. The van der Waals surface area contributed by atoms with Crippen LogP contribution in [-0.4, -0.2) is 39.9 Å². The Balaban J connectivity index is 2.38. The van der Waals surface area contributed by atoms with Gasteiger partial charge in [0.15, 0.2) is 0 Å². The van der Waals surface area contributed by atoms with Gasteiger partial charge in [-0.2, -0.15) is 0 Å². The molecule has 0 heterocycles. The summed E-state index contributed by atoms with van der Waals surface area (Å²) in [7, 11) is -3.59. The monoisotopic (exact) mass is 277 g/mol. The molecule has 102 valence electrons. The van der Waals surface area contributed by atoms with Crippen LogP contribution >= 0.6 is 0 Å². The Kier molecular flexibility index (Phi) is 6.20. The van der Waals surface area contributed by atoms with E-state index >= 15 is 0 Å². The number of hydrogen-bond donors (Lipinski definition) is 2. The zero-order valence-electron chi connectivity index (χ0n) is 9.80. The molecule has 0 saturated carbocycles. The van der Waals surface area contributed by atoms with E-state index in [2.05, 4.69) is 4.72 Å². The van der Waals surface area contributed by atoms with Gasteiger partial charge in [0.25, 0.3) is 0 Å². The second-order valence-electron chi connectivity index (χ2n) is 3.54. The van der Waals surface area contributed by atoms with E-state index in [0.717, 1.165) is 12.1 Å². The zero-order valence-corrected chi connectivity index (χ0v) is 10.6. The number of nitrogens with one attached hydrogen (secondary N) is 1. The number of benzene rings is 1. The summed E-state index contributed by atoms with van der Waals surface area (Å²) in [5, 5.41) is 8.46. The van der Waals surface area contributed by atoms with Crippen molar-refractivity contribution in [3.05, 3.63) is 30.1 Å². The van der Waals surface area contributed by atoms with Gasteiger partial charge in [0.2, 0.25) is 10.0 Å². The minimum Gasteiger partial charge on any atom is -0.394 e. The molecular weight excluding hydrogens is 261 g/mol. The Morgan fingerprint density at radius 1 is 1.22 bits per heavy atom. The van der Waals surface area contributed by atoms with Crippen LogP contribution in [0.4, 0.5) is 4.39 Å². The lowest BCUT2D eigenvalue weighted by molar-refractivity contribution is 0.0913. The molecule has 0 aliphatic rings. The molecule has 0 fully saturated rings. The SMILES string of the molecule is O=S(=O)(NCCCOCCO)c1ccc(F)cc1. The third kappa shape index (κ3) is 5.09. The summed E-state index contributed by atoms with van der Waals surface area (Å²) < 4.78 is 43.4. The Bertz CT molecular complexity index is 447. The second-order valence-corrected chi connectivity index (χ2v) is 5.31. The van der Waals surface area contributed by atoms with Gasteiger partial charge in [0, 0.05) is 13.2 Å². The highest BCUT2D eigenvalue weighted by atomic mass is 32.2. The van der Waals surface area contributed by atoms with Crippen molar-refractivity contribution < 1.29 is 22.7 Å². The van der Waals surface area contributed by atoms with Crippen molar-refractivity contribution in [2.45, 2.75) is 11.3 Å². The number of halogens is 1. The van der Waals surface area contributed by atoms with Crippen LogP contribution < -0.4 is 4.72 Å². The van der Waals surface area contributed by atoms with Gasteiger partial charge in [-0.3, -0.25) is 0 Å². The van der Waals surface area contributed by atoms with Gasteiger partial charge in [-0.25, -0.2) is 17.5 Å². The highest BCUT2D eigenvalue weighted by molar-refractivity contribution is 7.89. The molecule has 0 bridgehead atoms.